The molecule has 0 saturated carbocycles. The second kappa shape index (κ2) is 8.74. The molecule has 4 rings (SSSR count). The van der Waals surface area contributed by atoms with Crippen LogP contribution >= 0.6 is 15.9 Å². The first-order valence-corrected chi connectivity index (χ1v) is 11.2. The fourth-order valence-electron chi connectivity index (χ4n) is 4.38. The number of halogens is 1. The van der Waals surface area contributed by atoms with E-state index >= 15 is 0 Å². The zero-order valence-electron chi connectivity index (χ0n) is 18.0. The summed E-state index contributed by atoms with van der Waals surface area (Å²) in [7, 11) is 0. The monoisotopic (exact) mass is 496 g/mol. The molecule has 0 radical (unpaired) electrons. The van der Waals surface area contributed by atoms with Gasteiger partial charge < -0.3 is 20.5 Å². The van der Waals surface area contributed by atoms with Gasteiger partial charge >= 0.3 is 0 Å². The van der Waals surface area contributed by atoms with Crippen LogP contribution in [0.1, 0.15) is 48.3 Å². The molecule has 2 amide bonds. The van der Waals surface area contributed by atoms with E-state index in [0.717, 1.165) is 5.56 Å². The molecule has 1 aliphatic heterocycles. The van der Waals surface area contributed by atoms with Crippen LogP contribution in [-0.4, -0.2) is 43.8 Å². The van der Waals surface area contributed by atoms with Crippen molar-refractivity contribution in [2.45, 2.75) is 38.4 Å². The number of aromatic nitrogens is 3. The van der Waals surface area contributed by atoms with Gasteiger partial charge in [-0.25, -0.2) is 9.97 Å². The second-order valence-corrected chi connectivity index (χ2v) is 8.78. The molecular weight excluding hydrogens is 472 g/mol. The molecule has 2 aromatic heterocycles. The van der Waals surface area contributed by atoms with Crippen LogP contribution in [0.15, 0.2) is 53.9 Å². The van der Waals surface area contributed by atoms with Crippen LogP contribution < -0.4 is 11.1 Å². The first-order chi connectivity index (χ1) is 15.3. The number of carbonyl (C=O) groups is 2. The molecule has 0 bridgehead atoms. The highest BCUT2D eigenvalue weighted by atomic mass is 79.9. The maximum absolute atomic E-state index is 13.4. The Labute approximate surface area is 194 Å². The topological polar surface area (TPSA) is 106 Å². The number of carbonyl (C=O) groups excluding carboxylic acids is 2. The Hall–Kier alpha value is -3.20. The third kappa shape index (κ3) is 3.77. The summed E-state index contributed by atoms with van der Waals surface area (Å²) in [5.74, 6) is -0.156. The molecule has 8 nitrogen and oxygen atoms in total. The number of nitrogens with one attached hydrogen (secondary N) is 1. The number of benzene rings is 1. The average Bonchev–Trinajstić information content (AvgIpc) is 3.31. The van der Waals surface area contributed by atoms with Crippen molar-refractivity contribution in [2.75, 3.05) is 12.3 Å². The molecule has 1 fully saturated rings. The van der Waals surface area contributed by atoms with Crippen molar-refractivity contribution in [3.63, 3.8) is 0 Å². The number of hydrogen-bond donors (Lipinski definition) is 2. The third-order valence-corrected chi connectivity index (χ3v) is 6.78. The lowest BCUT2D eigenvalue weighted by Gasteiger charge is -2.19. The van der Waals surface area contributed by atoms with Crippen molar-refractivity contribution in [3.05, 3.63) is 65.0 Å². The van der Waals surface area contributed by atoms with Gasteiger partial charge in [-0.05, 0) is 47.8 Å². The predicted molar refractivity (Wildman–Crippen MR) is 127 cm³/mol. The van der Waals surface area contributed by atoms with Gasteiger partial charge in [0, 0.05) is 12.6 Å². The van der Waals surface area contributed by atoms with E-state index in [0.29, 0.717) is 34.2 Å². The van der Waals surface area contributed by atoms with Crippen LogP contribution in [-0.2, 0) is 4.79 Å². The SMILES string of the molecule is C=CC(=O)N1C[C@H](n2c(Br)c(C(=O)N[C@H](C)c3ccccc3)c3c(N)ncnc32)C[C@@H]1C. The van der Waals surface area contributed by atoms with E-state index in [-0.39, 0.29) is 35.8 Å². The minimum absolute atomic E-state index is 0.0319. The van der Waals surface area contributed by atoms with E-state index in [4.69, 9.17) is 5.73 Å². The van der Waals surface area contributed by atoms with Crippen molar-refractivity contribution in [1.82, 2.24) is 24.8 Å². The van der Waals surface area contributed by atoms with E-state index in [9.17, 15) is 9.59 Å². The largest absolute Gasteiger partial charge is 0.383 e. The predicted octanol–water partition coefficient (Wildman–Crippen LogP) is 3.61. The van der Waals surface area contributed by atoms with Gasteiger partial charge in [0.2, 0.25) is 5.91 Å². The van der Waals surface area contributed by atoms with Gasteiger partial charge in [-0.3, -0.25) is 9.59 Å². The van der Waals surface area contributed by atoms with Crippen LogP contribution in [0.4, 0.5) is 5.82 Å². The Morgan fingerprint density at radius 3 is 2.72 bits per heavy atom. The smallest absolute Gasteiger partial charge is 0.255 e. The molecule has 0 aliphatic carbocycles. The quantitative estimate of drug-likeness (QED) is 0.524. The van der Waals surface area contributed by atoms with E-state index in [1.54, 1.807) is 4.90 Å². The van der Waals surface area contributed by atoms with E-state index in [1.165, 1.54) is 12.4 Å². The zero-order chi connectivity index (χ0) is 23.0. The molecule has 32 heavy (non-hydrogen) atoms. The number of hydrogen-bond acceptors (Lipinski definition) is 5. The summed E-state index contributed by atoms with van der Waals surface area (Å²) in [4.78, 5) is 36.0. The molecule has 1 aromatic carbocycles. The van der Waals surface area contributed by atoms with Crippen LogP contribution in [0.3, 0.4) is 0 Å². The van der Waals surface area contributed by atoms with Crippen molar-refractivity contribution >= 4 is 44.6 Å². The molecule has 3 aromatic rings. The molecule has 3 atom stereocenters. The van der Waals surface area contributed by atoms with E-state index in [1.807, 2.05) is 48.7 Å². The number of nitrogen functional groups attached to an aromatic ring is 1. The summed E-state index contributed by atoms with van der Waals surface area (Å²) in [6, 6.07) is 9.48. The molecule has 9 heteroatoms. The summed E-state index contributed by atoms with van der Waals surface area (Å²) in [5.41, 5.74) is 8.15. The Bertz CT molecular complexity index is 1190. The maximum Gasteiger partial charge on any atom is 0.255 e. The summed E-state index contributed by atoms with van der Waals surface area (Å²) < 4.78 is 2.52. The minimum atomic E-state index is -0.274. The van der Waals surface area contributed by atoms with Gasteiger partial charge in [-0.2, -0.15) is 0 Å². The molecule has 166 valence electrons. The summed E-state index contributed by atoms with van der Waals surface area (Å²) in [6.07, 6.45) is 3.43. The molecular formula is C23H25BrN6O2. The highest BCUT2D eigenvalue weighted by Crippen LogP contribution is 2.39. The lowest BCUT2D eigenvalue weighted by molar-refractivity contribution is -0.126. The number of amides is 2. The number of nitrogens with two attached hydrogens (primary N) is 1. The van der Waals surface area contributed by atoms with Crippen LogP contribution in [0.25, 0.3) is 11.0 Å². The minimum Gasteiger partial charge on any atom is -0.383 e. The molecule has 3 heterocycles. The van der Waals surface area contributed by atoms with E-state index in [2.05, 4.69) is 37.8 Å². The normalized spacial score (nSPS) is 19.2. The number of fused-ring (bicyclic) bond motifs is 1. The standard InChI is InChI=1S/C23H25BrN6O2/c1-4-17(31)29-11-16(10-13(29)2)30-20(24)18(19-21(25)26-12-27-22(19)30)23(32)28-14(3)15-8-6-5-7-9-15/h4-9,12-14,16H,1,10-11H2,2-3H3,(H,28,32)(H2,25,26,27)/t13-,14+,16+/m0/s1. The van der Waals surface area contributed by atoms with Gasteiger partial charge in [-0.15, -0.1) is 0 Å². The first-order valence-electron chi connectivity index (χ1n) is 10.4. The van der Waals surface area contributed by atoms with Gasteiger partial charge in [0.15, 0.2) is 0 Å². The first kappa shape index (κ1) is 22.0. The molecule has 1 aliphatic rings. The highest BCUT2D eigenvalue weighted by molar-refractivity contribution is 9.10. The van der Waals surface area contributed by atoms with Gasteiger partial charge in [0.05, 0.1) is 23.0 Å². The zero-order valence-corrected chi connectivity index (χ0v) is 19.5. The number of likely N-dealkylation sites (tertiary alicyclic amines) is 1. The average molecular weight is 497 g/mol. The molecule has 0 spiro atoms. The lowest BCUT2D eigenvalue weighted by atomic mass is 10.1. The summed E-state index contributed by atoms with van der Waals surface area (Å²) in [6.45, 7) is 8.01. The third-order valence-electron chi connectivity index (χ3n) is 6.00. The highest BCUT2D eigenvalue weighted by Gasteiger charge is 2.36. The van der Waals surface area contributed by atoms with Crippen molar-refractivity contribution in [3.8, 4) is 0 Å². The van der Waals surface area contributed by atoms with Crippen molar-refractivity contribution in [1.29, 1.82) is 0 Å². The fourth-order valence-corrected chi connectivity index (χ4v) is 5.21. The molecule has 3 N–H and O–H groups in total. The van der Waals surface area contributed by atoms with Crippen molar-refractivity contribution in [2.24, 2.45) is 0 Å². The van der Waals surface area contributed by atoms with Crippen LogP contribution in [0.2, 0.25) is 0 Å². The Morgan fingerprint density at radius 1 is 1.31 bits per heavy atom. The van der Waals surface area contributed by atoms with Crippen LogP contribution in [0, 0.1) is 0 Å². The van der Waals surface area contributed by atoms with Crippen LogP contribution in [0.5, 0.6) is 0 Å². The summed E-state index contributed by atoms with van der Waals surface area (Å²) in [5, 5.41) is 3.55. The van der Waals surface area contributed by atoms with Gasteiger partial charge in [0.1, 0.15) is 22.4 Å². The number of nitrogens with zero attached hydrogens (tertiary/aromatic N) is 4. The molecule has 1 saturated heterocycles. The fraction of sp³-hybridized carbons (Fsp3) is 0.304. The van der Waals surface area contributed by atoms with Gasteiger partial charge in [0.25, 0.3) is 5.91 Å². The Morgan fingerprint density at radius 2 is 2.03 bits per heavy atom. The Kier molecular flexibility index (Phi) is 6.01. The van der Waals surface area contributed by atoms with Crippen molar-refractivity contribution < 1.29 is 9.59 Å². The van der Waals surface area contributed by atoms with Gasteiger partial charge in [-0.1, -0.05) is 36.9 Å². The molecule has 0 unspecified atom stereocenters. The maximum atomic E-state index is 13.4. The second-order valence-electron chi connectivity index (χ2n) is 8.03. The number of rotatable bonds is 5. The summed E-state index contributed by atoms with van der Waals surface area (Å²) >= 11 is 3.63. The lowest BCUT2D eigenvalue weighted by Crippen LogP contribution is -2.32. The Balaban J connectivity index is 1.75. The van der Waals surface area contributed by atoms with E-state index < -0.39 is 0 Å². The number of anilines is 1.